The van der Waals surface area contributed by atoms with E-state index in [2.05, 4.69) is 33.0 Å². The maximum absolute atomic E-state index is 4.61. The number of hydrogen-bond acceptors (Lipinski definition) is 1. The van der Waals surface area contributed by atoms with Crippen LogP contribution in [0, 0.1) is 0 Å². The first-order chi connectivity index (χ1) is 7.36. The second kappa shape index (κ2) is 3.31. The van der Waals surface area contributed by atoms with Crippen LogP contribution in [0.15, 0.2) is 53.0 Å². The topological polar surface area (TPSA) is 12.9 Å². The zero-order valence-electron chi connectivity index (χ0n) is 7.94. The van der Waals surface area contributed by atoms with Crippen molar-refractivity contribution in [3.63, 3.8) is 0 Å². The first-order valence-corrected chi connectivity index (χ1v) is 5.58. The van der Waals surface area contributed by atoms with Crippen molar-refractivity contribution < 1.29 is 0 Å². The van der Waals surface area contributed by atoms with E-state index >= 15 is 0 Å². The Kier molecular flexibility index (Phi) is 1.96. The normalized spacial score (nSPS) is 11.0. The van der Waals surface area contributed by atoms with E-state index < -0.39 is 0 Å². The van der Waals surface area contributed by atoms with Gasteiger partial charge < -0.3 is 0 Å². The molecule has 72 valence electrons. The summed E-state index contributed by atoms with van der Waals surface area (Å²) in [5.74, 6) is 0. The maximum Gasteiger partial charge on any atom is 0.0721 e. The molecule has 0 radical (unpaired) electrons. The second-order valence-corrected chi connectivity index (χ2v) is 4.25. The molecular formula is C13H8BrN. The highest BCUT2D eigenvalue weighted by molar-refractivity contribution is 9.10. The van der Waals surface area contributed by atoms with Crippen molar-refractivity contribution in [2.45, 2.75) is 0 Å². The molecule has 0 bridgehead atoms. The Morgan fingerprint density at radius 1 is 0.733 bits per heavy atom. The van der Waals surface area contributed by atoms with Crippen molar-refractivity contribution in [3.05, 3.63) is 53.0 Å². The van der Waals surface area contributed by atoms with E-state index in [1.807, 2.05) is 36.4 Å². The van der Waals surface area contributed by atoms with Gasteiger partial charge in [0.2, 0.25) is 0 Å². The summed E-state index contributed by atoms with van der Waals surface area (Å²) in [7, 11) is 0. The molecular weight excluding hydrogens is 250 g/mol. The molecule has 1 heterocycles. The summed E-state index contributed by atoms with van der Waals surface area (Å²) >= 11 is 3.64. The molecule has 2 heteroatoms. The molecule has 15 heavy (non-hydrogen) atoms. The van der Waals surface area contributed by atoms with Gasteiger partial charge in [-0.1, -0.05) is 36.4 Å². The van der Waals surface area contributed by atoms with Crippen molar-refractivity contribution in [1.29, 1.82) is 0 Å². The molecule has 0 aliphatic carbocycles. The Morgan fingerprint density at radius 2 is 1.20 bits per heavy atom. The summed E-state index contributed by atoms with van der Waals surface area (Å²) in [6, 6.07) is 16.3. The zero-order valence-corrected chi connectivity index (χ0v) is 9.53. The van der Waals surface area contributed by atoms with Crippen LogP contribution in [0.3, 0.4) is 0 Å². The van der Waals surface area contributed by atoms with Crippen LogP contribution in [-0.4, -0.2) is 4.98 Å². The molecule has 0 aliphatic heterocycles. The van der Waals surface area contributed by atoms with Crippen LogP contribution in [0.2, 0.25) is 0 Å². The summed E-state index contributed by atoms with van der Waals surface area (Å²) in [5.41, 5.74) is 2.06. The van der Waals surface area contributed by atoms with Crippen LogP contribution in [0.5, 0.6) is 0 Å². The fraction of sp³-hybridized carbons (Fsp3) is 0. The van der Waals surface area contributed by atoms with Crippen LogP contribution < -0.4 is 0 Å². The minimum absolute atomic E-state index is 1.03. The molecule has 0 saturated carbocycles. The van der Waals surface area contributed by atoms with Crippen molar-refractivity contribution >= 4 is 37.7 Å². The molecule has 0 amide bonds. The van der Waals surface area contributed by atoms with Crippen LogP contribution >= 0.6 is 15.9 Å². The highest BCUT2D eigenvalue weighted by Crippen LogP contribution is 2.29. The Balaban J connectivity index is 2.60. The van der Waals surface area contributed by atoms with Crippen LogP contribution in [0.1, 0.15) is 0 Å². The van der Waals surface area contributed by atoms with Crippen LogP contribution in [-0.2, 0) is 0 Å². The summed E-state index contributed by atoms with van der Waals surface area (Å²) in [4.78, 5) is 4.61. The lowest BCUT2D eigenvalue weighted by molar-refractivity contribution is 1.49. The maximum atomic E-state index is 4.61. The quantitative estimate of drug-likeness (QED) is 0.552. The number of nitrogens with zero attached hydrogens (tertiary/aromatic N) is 1. The molecule has 3 rings (SSSR count). The van der Waals surface area contributed by atoms with Gasteiger partial charge in [-0.15, -0.1) is 0 Å². The lowest BCUT2D eigenvalue weighted by Gasteiger charge is -2.04. The van der Waals surface area contributed by atoms with Gasteiger partial charge in [-0.05, 0) is 28.1 Å². The largest absolute Gasteiger partial charge is 0.248 e. The molecule has 0 atom stereocenters. The summed E-state index contributed by atoms with van der Waals surface area (Å²) < 4.78 is 1.13. The van der Waals surface area contributed by atoms with Gasteiger partial charge in [0, 0.05) is 15.2 Å². The zero-order chi connectivity index (χ0) is 10.3. The van der Waals surface area contributed by atoms with E-state index in [0.29, 0.717) is 0 Å². The Hall–Kier alpha value is -1.41. The molecule has 3 aromatic rings. The molecule has 0 unspecified atom stereocenters. The average molecular weight is 258 g/mol. The molecule has 1 nitrogen and oxygen atoms in total. The number of fused-ring (bicyclic) bond motifs is 2. The predicted molar refractivity (Wildman–Crippen MR) is 66.9 cm³/mol. The molecule has 0 fully saturated rings. The highest BCUT2D eigenvalue weighted by Gasteiger charge is 2.04. The number of aromatic nitrogens is 1. The van der Waals surface area contributed by atoms with Gasteiger partial charge in [0.05, 0.1) is 11.0 Å². The van der Waals surface area contributed by atoms with Crippen molar-refractivity contribution in [2.24, 2.45) is 0 Å². The van der Waals surface area contributed by atoms with E-state index in [1.165, 1.54) is 0 Å². The van der Waals surface area contributed by atoms with E-state index in [4.69, 9.17) is 0 Å². The smallest absolute Gasteiger partial charge is 0.0721 e. The van der Waals surface area contributed by atoms with Gasteiger partial charge in [0.1, 0.15) is 0 Å². The number of hydrogen-bond donors (Lipinski definition) is 0. The van der Waals surface area contributed by atoms with Gasteiger partial charge in [-0.2, -0.15) is 0 Å². The second-order valence-electron chi connectivity index (χ2n) is 3.46. The third-order valence-corrected chi connectivity index (χ3v) is 3.38. The fourth-order valence-electron chi connectivity index (χ4n) is 1.79. The van der Waals surface area contributed by atoms with Crippen LogP contribution in [0.25, 0.3) is 21.8 Å². The van der Waals surface area contributed by atoms with E-state index in [0.717, 1.165) is 26.3 Å². The number of pyridine rings is 1. The third kappa shape index (κ3) is 1.33. The highest BCUT2D eigenvalue weighted by atomic mass is 79.9. The number of rotatable bonds is 0. The number of halogens is 1. The Bertz CT molecular complexity index is 592. The summed E-state index contributed by atoms with van der Waals surface area (Å²) in [5, 5.41) is 2.33. The lowest BCUT2D eigenvalue weighted by atomic mass is 10.1. The van der Waals surface area contributed by atoms with Crippen LogP contribution in [0.4, 0.5) is 0 Å². The van der Waals surface area contributed by atoms with Gasteiger partial charge in [-0.3, -0.25) is 0 Å². The minimum Gasteiger partial charge on any atom is -0.248 e. The lowest BCUT2D eigenvalue weighted by Crippen LogP contribution is -1.83. The van der Waals surface area contributed by atoms with Gasteiger partial charge in [0.25, 0.3) is 0 Å². The van der Waals surface area contributed by atoms with E-state index in [9.17, 15) is 0 Å². The molecule has 1 aromatic heterocycles. The van der Waals surface area contributed by atoms with Gasteiger partial charge in [0.15, 0.2) is 0 Å². The van der Waals surface area contributed by atoms with Gasteiger partial charge in [-0.25, -0.2) is 4.98 Å². The third-order valence-electron chi connectivity index (χ3n) is 2.52. The molecule has 0 saturated heterocycles. The Labute approximate surface area is 95.9 Å². The standard InChI is InChI=1S/C13H8BrN/c14-13-9-5-1-3-7-11(9)15-12-8-4-2-6-10(12)13/h1-8H. The Morgan fingerprint density at radius 3 is 1.73 bits per heavy atom. The fourth-order valence-corrected chi connectivity index (χ4v) is 2.46. The molecule has 0 N–H and O–H groups in total. The summed E-state index contributed by atoms with van der Waals surface area (Å²) in [6.45, 7) is 0. The van der Waals surface area contributed by atoms with Crippen molar-refractivity contribution in [2.75, 3.05) is 0 Å². The minimum atomic E-state index is 1.03. The molecule has 2 aromatic carbocycles. The average Bonchev–Trinajstić information content (AvgIpc) is 2.30. The van der Waals surface area contributed by atoms with E-state index in [-0.39, 0.29) is 0 Å². The van der Waals surface area contributed by atoms with Crippen molar-refractivity contribution in [3.8, 4) is 0 Å². The monoisotopic (exact) mass is 257 g/mol. The van der Waals surface area contributed by atoms with Crippen molar-refractivity contribution in [1.82, 2.24) is 4.98 Å². The predicted octanol–water partition coefficient (Wildman–Crippen LogP) is 4.15. The van der Waals surface area contributed by atoms with Gasteiger partial charge >= 0.3 is 0 Å². The molecule has 0 spiro atoms. The van der Waals surface area contributed by atoms with E-state index in [1.54, 1.807) is 0 Å². The summed E-state index contributed by atoms with van der Waals surface area (Å²) in [6.07, 6.45) is 0. The molecule has 0 aliphatic rings. The number of para-hydroxylation sites is 2. The number of benzene rings is 2. The first kappa shape index (κ1) is 8.86. The SMILES string of the molecule is Brc1c2ccccc2nc2ccccc12. The first-order valence-electron chi connectivity index (χ1n) is 4.79.